The molecule has 2 aromatic rings. The Morgan fingerprint density at radius 1 is 1.00 bits per heavy atom. The van der Waals surface area contributed by atoms with Crippen molar-refractivity contribution >= 4 is 11.8 Å². The summed E-state index contributed by atoms with van der Waals surface area (Å²) in [5.74, 6) is 1.15. The van der Waals surface area contributed by atoms with Gasteiger partial charge in [0.25, 0.3) is 0 Å². The first-order valence-corrected chi connectivity index (χ1v) is 8.96. The molecule has 0 unspecified atom stereocenters. The SMILES string of the molecule is CNc1ncc(-c2ccc(C(F)(F)F)cc2)c(NC2CCCCCC2)n1. The molecule has 0 saturated heterocycles. The van der Waals surface area contributed by atoms with Crippen molar-refractivity contribution in [2.75, 3.05) is 17.7 Å². The van der Waals surface area contributed by atoms with Gasteiger partial charge in [-0.3, -0.25) is 0 Å². The Kier molecular flexibility index (Phi) is 5.64. The van der Waals surface area contributed by atoms with Gasteiger partial charge in [-0.25, -0.2) is 4.98 Å². The van der Waals surface area contributed by atoms with Gasteiger partial charge in [-0.1, -0.05) is 37.8 Å². The average molecular weight is 364 g/mol. The highest BCUT2D eigenvalue weighted by Crippen LogP contribution is 2.33. The zero-order valence-electron chi connectivity index (χ0n) is 14.7. The average Bonchev–Trinajstić information content (AvgIpc) is 2.90. The maximum Gasteiger partial charge on any atom is 0.416 e. The van der Waals surface area contributed by atoms with Crippen LogP contribution in [0.4, 0.5) is 24.9 Å². The molecular formula is C19H23F3N4. The van der Waals surface area contributed by atoms with Gasteiger partial charge in [0.05, 0.1) is 5.56 Å². The second-order valence-electron chi connectivity index (χ2n) is 6.61. The van der Waals surface area contributed by atoms with Crippen LogP contribution in [-0.2, 0) is 6.18 Å². The van der Waals surface area contributed by atoms with Crippen molar-refractivity contribution in [2.45, 2.75) is 50.7 Å². The highest BCUT2D eigenvalue weighted by molar-refractivity contribution is 5.75. The van der Waals surface area contributed by atoms with E-state index in [9.17, 15) is 13.2 Å². The molecule has 3 rings (SSSR count). The van der Waals surface area contributed by atoms with E-state index in [1.54, 1.807) is 13.2 Å². The summed E-state index contributed by atoms with van der Waals surface area (Å²) in [5, 5.41) is 6.41. The number of nitrogens with zero attached hydrogens (tertiary/aromatic N) is 2. The summed E-state index contributed by atoms with van der Waals surface area (Å²) >= 11 is 0. The van der Waals surface area contributed by atoms with E-state index in [-0.39, 0.29) is 0 Å². The molecular weight excluding hydrogens is 341 g/mol. The third kappa shape index (κ3) is 4.45. The van der Waals surface area contributed by atoms with Crippen molar-refractivity contribution in [1.82, 2.24) is 9.97 Å². The molecule has 0 spiro atoms. The van der Waals surface area contributed by atoms with Crippen LogP contribution in [0.25, 0.3) is 11.1 Å². The summed E-state index contributed by atoms with van der Waals surface area (Å²) in [6.07, 6.45) is 4.31. The Labute approximate surface area is 151 Å². The summed E-state index contributed by atoms with van der Waals surface area (Å²) in [6.45, 7) is 0. The zero-order valence-corrected chi connectivity index (χ0v) is 14.7. The maximum atomic E-state index is 12.8. The molecule has 26 heavy (non-hydrogen) atoms. The van der Waals surface area contributed by atoms with Crippen LogP contribution in [0.1, 0.15) is 44.1 Å². The summed E-state index contributed by atoms with van der Waals surface area (Å²) in [5.41, 5.74) is 0.714. The molecule has 0 aliphatic heterocycles. The first-order valence-electron chi connectivity index (χ1n) is 8.96. The fraction of sp³-hybridized carbons (Fsp3) is 0.474. The third-order valence-electron chi connectivity index (χ3n) is 4.73. The molecule has 0 radical (unpaired) electrons. The number of halogens is 3. The van der Waals surface area contributed by atoms with Gasteiger partial charge in [0.15, 0.2) is 0 Å². The van der Waals surface area contributed by atoms with Crippen molar-refractivity contribution in [3.8, 4) is 11.1 Å². The minimum atomic E-state index is -4.34. The predicted octanol–water partition coefficient (Wildman–Crippen LogP) is 5.34. The first kappa shape index (κ1) is 18.5. The quantitative estimate of drug-likeness (QED) is 0.719. The van der Waals surface area contributed by atoms with Gasteiger partial charge in [0, 0.05) is 24.8 Å². The maximum absolute atomic E-state index is 12.8. The highest BCUT2D eigenvalue weighted by atomic mass is 19.4. The van der Waals surface area contributed by atoms with Gasteiger partial charge in [-0.15, -0.1) is 0 Å². The number of aromatic nitrogens is 2. The molecule has 0 bridgehead atoms. The number of hydrogen-bond acceptors (Lipinski definition) is 4. The molecule has 1 aromatic heterocycles. The fourth-order valence-corrected chi connectivity index (χ4v) is 3.28. The zero-order chi connectivity index (χ0) is 18.6. The normalized spacial score (nSPS) is 16.2. The Morgan fingerprint density at radius 3 is 2.23 bits per heavy atom. The molecule has 1 heterocycles. The minimum Gasteiger partial charge on any atom is -0.367 e. The van der Waals surface area contributed by atoms with Gasteiger partial charge in [0.1, 0.15) is 5.82 Å². The lowest BCUT2D eigenvalue weighted by Gasteiger charge is -2.20. The molecule has 4 nitrogen and oxygen atoms in total. The van der Waals surface area contributed by atoms with Crippen molar-refractivity contribution in [1.29, 1.82) is 0 Å². The van der Waals surface area contributed by atoms with Crippen molar-refractivity contribution in [3.05, 3.63) is 36.0 Å². The number of anilines is 2. The second-order valence-corrected chi connectivity index (χ2v) is 6.61. The summed E-state index contributed by atoms with van der Waals surface area (Å²) in [4.78, 5) is 8.74. The predicted molar refractivity (Wildman–Crippen MR) is 97.1 cm³/mol. The molecule has 0 amide bonds. The Bertz CT molecular complexity index is 721. The topological polar surface area (TPSA) is 49.8 Å². The van der Waals surface area contributed by atoms with Gasteiger partial charge in [0.2, 0.25) is 5.95 Å². The van der Waals surface area contributed by atoms with Gasteiger partial charge >= 0.3 is 6.18 Å². The number of benzene rings is 1. The van der Waals surface area contributed by atoms with Gasteiger partial charge in [-0.2, -0.15) is 18.2 Å². The van der Waals surface area contributed by atoms with Crippen LogP contribution in [-0.4, -0.2) is 23.1 Å². The van der Waals surface area contributed by atoms with Crippen LogP contribution in [0.5, 0.6) is 0 Å². The van der Waals surface area contributed by atoms with Crippen LogP contribution in [0.2, 0.25) is 0 Å². The summed E-state index contributed by atoms with van der Waals surface area (Å²) < 4.78 is 38.4. The monoisotopic (exact) mass is 364 g/mol. The molecule has 0 atom stereocenters. The van der Waals surface area contributed by atoms with Gasteiger partial charge in [-0.05, 0) is 30.5 Å². The smallest absolute Gasteiger partial charge is 0.367 e. The van der Waals surface area contributed by atoms with Crippen molar-refractivity contribution in [2.24, 2.45) is 0 Å². The lowest BCUT2D eigenvalue weighted by Crippen LogP contribution is -2.20. The molecule has 1 aromatic carbocycles. The molecule has 140 valence electrons. The minimum absolute atomic E-state index is 0.324. The molecule has 7 heteroatoms. The highest BCUT2D eigenvalue weighted by Gasteiger charge is 2.30. The lowest BCUT2D eigenvalue weighted by molar-refractivity contribution is -0.137. The van der Waals surface area contributed by atoms with E-state index >= 15 is 0 Å². The van der Waals surface area contributed by atoms with Crippen LogP contribution in [0.3, 0.4) is 0 Å². The third-order valence-corrected chi connectivity index (χ3v) is 4.73. The van der Waals surface area contributed by atoms with E-state index in [4.69, 9.17) is 0 Å². The number of hydrogen-bond donors (Lipinski definition) is 2. The number of rotatable bonds is 4. The largest absolute Gasteiger partial charge is 0.416 e. The molecule has 1 fully saturated rings. The Hall–Kier alpha value is -2.31. The molecule has 1 saturated carbocycles. The van der Waals surface area contributed by atoms with E-state index in [1.165, 1.54) is 37.8 Å². The summed E-state index contributed by atoms with van der Waals surface area (Å²) in [7, 11) is 1.74. The van der Waals surface area contributed by atoms with Crippen LogP contribution in [0, 0.1) is 0 Å². The van der Waals surface area contributed by atoms with Crippen LogP contribution >= 0.6 is 0 Å². The number of nitrogens with one attached hydrogen (secondary N) is 2. The first-order chi connectivity index (χ1) is 12.5. The van der Waals surface area contributed by atoms with E-state index in [0.717, 1.165) is 25.0 Å². The van der Waals surface area contributed by atoms with Gasteiger partial charge < -0.3 is 10.6 Å². The molecule has 2 N–H and O–H groups in total. The lowest BCUT2D eigenvalue weighted by atomic mass is 10.0. The van der Waals surface area contributed by atoms with E-state index in [1.807, 2.05) is 0 Å². The molecule has 1 aliphatic rings. The van der Waals surface area contributed by atoms with Crippen molar-refractivity contribution in [3.63, 3.8) is 0 Å². The second kappa shape index (κ2) is 7.93. The van der Waals surface area contributed by atoms with E-state index < -0.39 is 11.7 Å². The van der Waals surface area contributed by atoms with E-state index in [2.05, 4.69) is 20.6 Å². The number of alkyl halides is 3. The molecule has 1 aliphatic carbocycles. The standard InChI is InChI=1S/C19H23F3N4/c1-23-18-24-12-16(13-8-10-14(11-9-13)19(20,21)22)17(26-18)25-15-6-4-2-3-5-7-15/h8-12,15H,2-7H2,1H3,(H2,23,24,25,26). The van der Waals surface area contributed by atoms with Crippen LogP contribution < -0.4 is 10.6 Å². The van der Waals surface area contributed by atoms with Crippen LogP contribution in [0.15, 0.2) is 30.5 Å². The Morgan fingerprint density at radius 2 is 1.65 bits per heavy atom. The van der Waals surface area contributed by atoms with Crippen molar-refractivity contribution < 1.29 is 13.2 Å². The fourth-order valence-electron chi connectivity index (χ4n) is 3.28. The summed E-state index contributed by atoms with van der Waals surface area (Å²) in [6, 6.07) is 5.45. The Balaban J connectivity index is 1.90. The van der Waals surface area contributed by atoms with E-state index in [0.29, 0.717) is 28.9 Å².